The van der Waals surface area contributed by atoms with Gasteiger partial charge in [0.1, 0.15) is 12.4 Å². The standard InChI is InChI=1S/C48H57BrO4Si2/c1-47(2,3)54(43-23-12-8-13-24-43,44-25-14-9-15-26-44)52-41(22-20-21-35-51-38-39-31-33-40(50-7)34-32-39)36-42(37-49)53-55(48(4,5)6,45-27-16-10-17-28-45)46-29-18-11-19-30-46/h8-19,23-34,41-42H,22,35-38H2,1-7H3/t41-,42+/m1/s1. The van der Waals surface area contributed by atoms with E-state index in [-0.39, 0.29) is 22.3 Å². The number of rotatable bonds is 16. The molecule has 0 aliphatic rings. The molecule has 4 nitrogen and oxygen atoms in total. The molecule has 0 saturated heterocycles. The Balaban J connectivity index is 1.53. The van der Waals surface area contributed by atoms with Gasteiger partial charge in [-0.3, -0.25) is 0 Å². The van der Waals surface area contributed by atoms with Crippen LogP contribution in [0, 0.1) is 11.8 Å². The van der Waals surface area contributed by atoms with Crippen LogP contribution in [0.15, 0.2) is 146 Å². The molecule has 0 aromatic heterocycles. The van der Waals surface area contributed by atoms with E-state index in [1.54, 1.807) is 7.11 Å². The molecule has 0 aliphatic carbocycles. The maximum absolute atomic E-state index is 7.81. The summed E-state index contributed by atoms with van der Waals surface area (Å²) in [5.74, 6) is 7.65. The summed E-state index contributed by atoms with van der Waals surface area (Å²) in [6, 6.07) is 51.4. The topological polar surface area (TPSA) is 36.9 Å². The summed E-state index contributed by atoms with van der Waals surface area (Å²) in [5, 5.41) is 5.33. The molecule has 0 radical (unpaired) electrons. The fourth-order valence-corrected chi connectivity index (χ4v) is 17.7. The monoisotopic (exact) mass is 832 g/mol. The normalized spacial score (nSPS) is 13.4. The van der Waals surface area contributed by atoms with Crippen molar-refractivity contribution in [3.05, 3.63) is 151 Å². The Morgan fingerprint density at radius 1 is 0.545 bits per heavy atom. The highest BCUT2D eigenvalue weighted by Crippen LogP contribution is 2.40. The van der Waals surface area contributed by atoms with Gasteiger partial charge in [-0.05, 0) is 54.9 Å². The minimum Gasteiger partial charge on any atom is -0.497 e. The van der Waals surface area contributed by atoms with Crippen molar-refractivity contribution in [2.24, 2.45) is 0 Å². The van der Waals surface area contributed by atoms with Gasteiger partial charge in [-0.2, -0.15) is 0 Å². The first-order valence-corrected chi connectivity index (χ1v) is 24.2. The molecule has 2 atom stereocenters. The molecule has 5 aromatic carbocycles. The molecule has 288 valence electrons. The van der Waals surface area contributed by atoms with Gasteiger partial charge in [0.05, 0.1) is 25.9 Å². The average Bonchev–Trinajstić information content (AvgIpc) is 3.20. The summed E-state index contributed by atoms with van der Waals surface area (Å²) in [5.41, 5.74) is 1.08. The van der Waals surface area contributed by atoms with Crippen molar-refractivity contribution >= 4 is 53.3 Å². The van der Waals surface area contributed by atoms with E-state index in [1.165, 1.54) is 20.7 Å². The van der Waals surface area contributed by atoms with E-state index in [0.29, 0.717) is 31.4 Å². The Morgan fingerprint density at radius 2 is 0.945 bits per heavy atom. The number of methoxy groups -OCH3 is 1. The van der Waals surface area contributed by atoms with Gasteiger partial charge in [0, 0.05) is 11.8 Å². The van der Waals surface area contributed by atoms with Gasteiger partial charge in [0.25, 0.3) is 16.6 Å². The Bertz CT molecular complexity index is 1850. The third kappa shape index (κ3) is 10.2. The van der Waals surface area contributed by atoms with Crippen LogP contribution in [-0.2, 0) is 20.2 Å². The number of hydrogen-bond donors (Lipinski definition) is 0. The summed E-state index contributed by atoms with van der Waals surface area (Å²) in [4.78, 5) is 0. The first-order chi connectivity index (χ1) is 26.4. The molecule has 0 fully saturated rings. The van der Waals surface area contributed by atoms with Gasteiger partial charge in [-0.1, -0.05) is 203 Å². The largest absolute Gasteiger partial charge is 0.497 e. The minimum absolute atomic E-state index is 0.150. The van der Waals surface area contributed by atoms with Crippen molar-refractivity contribution in [1.82, 2.24) is 0 Å². The molecule has 0 N–H and O–H groups in total. The highest BCUT2D eigenvalue weighted by molar-refractivity contribution is 9.09. The maximum atomic E-state index is 7.81. The molecule has 5 rings (SSSR count). The molecular weight excluding hydrogens is 777 g/mol. The molecule has 5 aromatic rings. The summed E-state index contributed by atoms with van der Waals surface area (Å²) >= 11 is 3.94. The Hall–Kier alpha value is -3.75. The van der Waals surface area contributed by atoms with Crippen molar-refractivity contribution in [2.45, 2.75) is 83.3 Å². The predicted molar refractivity (Wildman–Crippen MR) is 238 cm³/mol. The minimum atomic E-state index is -2.91. The van der Waals surface area contributed by atoms with Crippen LogP contribution < -0.4 is 25.5 Å². The lowest BCUT2D eigenvalue weighted by Crippen LogP contribution is -2.69. The number of hydrogen-bond acceptors (Lipinski definition) is 4. The first kappa shape index (κ1) is 42.4. The lowest BCUT2D eigenvalue weighted by Gasteiger charge is -2.47. The molecule has 0 amide bonds. The fraction of sp³-hybridized carbons (Fsp3) is 0.333. The molecule has 0 aliphatic heterocycles. The van der Waals surface area contributed by atoms with E-state index in [1.807, 2.05) is 24.3 Å². The van der Waals surface area contributed by atoms with Crippen LogP contribution in [0.3, 0.4) is 0 Å². The van der Waals surface area contributed by atoms with Gasteiger partial charge < -0.3 is 18.3 Å². The SMILES string of the molecule is COc1ccc(COCC#CC[C@H](C[C@@H](CBr)O[Si](c2ccccc2)(c2ccccc2)C(C)(C)C)O[Si](c2ccccc2)(c2ccccc2)C(C)(C)C)cc1. The highest BCUT2D eigenvalue weighted by atomic mass is 79.9. The predicted octanol–water partition coefficient (Wildman–Crippen LogP) is 9.28. The highest BCUT2D eigenvalue weighted by Gasteiger charge is 2.53. The second-order valence-corrected chi connectivity index (χ2v) is 25.2. The number of halogens is 1. The Labute approximate surface area is 341 Å². The Kier molecular flexibility index (Phi) is 15.0. The van der Waals surface area contributed by atoms with Gasteiger partial charge in [0.2, 0.25) is 0 Å². The molecule has 0 heterocycles. The van der Waals surface area contributed by atoms with Crippen molar-refractivity contribution in [2.75, 3.05) is 19.0 Å². The smallest absolute Gasteiger partial charge is 0.261 e. The summed E-state index contributed by atoms with van der Waals surface area (Å²) in [6.07, 6.45) is 0.842. The molecule has 7 heteroatoms. The first-order valence-electron chi connectivity index (χ1n) is 19.2. The van der Waals surface area contributed by atoms with Crippen LogP contribution in [0.25, 0.3) is 0 Å². The van der Waals surface area contributed by atoms with Gasteiger partial charge >= 0.3 is 0 Å². The van der Waals surface area contributed by atoms with Crippen LogP contribution in [0.2, 0.25) is 10.1 Å². The van der Waals surface area contributed by atoms with E-state index >= 15 is 0 Å². The van der Waals surface area contributed by atoms with Crippen molar-refractivity contribution < 1.29 is 18.3 Å². The second-order valence-electron chi connectivity index (χ2n) is 16.1. The molecule has 55 heavy (non-hydrogen) atoms. The van der Waals surface area contributed by atoms with E-state index < -0.39 is 16.6 Å². The molecule has 0 spiro atoms. The van der Waals surface area contributed by atoms with Gasteiger partial charge in [-0.15, -0.1) is 0 Å². The summed E-state index contributed by atoms with van der Waals surface area (Å²) in [7, 11) is -4.09. The van der Waals surface area contributed by atoms with E-state index in [4.69, 9.17) is 18.3 Å². The van der Waals surface area contributed by atoms with E-state index in [0.717, 1.165) is 11.3 Å². The van der Waals surface area contributed by atoms with Crippen LogP contribution in [0.5, 0.6) is 5.75 Å². The maximum Gasteiger partial charge on any atom is 0.261 e. The van der Waals surface area contributed by atoms with Gasteiger partial charge in [0.15, 0.2) is 0 Å². The average molecular weight is 834 g/mol. The van der Waals surface area contributed by atoms with Crippen molar-refractivity contribution in [3.63, 3.8) is 0 Å². The van der Waals surface area contributed by atoms with Crippen molar-refractivity contribution in [3.8, 4) is 17.6 Å². The van der Waals surface area contributed by atoms with Crippen molar-refractivity contribution in [1.29, 1.82) is 0 Å². The van der Waals surface area contributed by atoms with E-state index in [9.17, 15) is 0 Å². The summed E-state index contributed by atoms with van der Waals surface area (Å²) in [6.45, 7) is 14.8. The summed E-state index contributed by atoms with van der Waals surface area (Å²) < 4.78 is 26.8. The molecular formula is C48H57BrO4Si2. The second kappa shape index (κ2) is 19.4. The lowest BCUT2D eigenvalue weighted by atomic mass is 10.1. The van der Waals surface area contributed by atoms with Gasteiger partial charge in [-0.25, -0.2) is 0 Å². The third-order valence-electron chi connectivity index (χ3n) is 10.3. The zero-order chi connectivity index (χ0) is 39.4. The third-order valence-corrected chi connectivity index (χ3v) is 21.2. The number of alkyl halides is 1. The zero-order valence-corrected chi connectivity index (χ0v) is 37.1. The zero-order valence-electron chi connectivity index (χ0n) is 33.6. The van der Waals surface area contributed by atoms with E-state index in [2.05, 4.69) is 191 Å². The molecule has 0 unspecified atom stereocenters. The van der Waals surface area contributed by atoms with Crippen LogP contribution in [0.4, 0.5) is 0 Å². The Morgan fingerprint density at radius 3 is 1.31 bits per heavy atom. The lowest BCUT2D eigenvalue weighted by molar-refractivity contribution is 0.112. The van der Waals surface area contributed by atoms with Crippen LogP contribution >= 0.6 is 15.9 Å². The van der Waals surface area contributed by atoms with Crippen LogP contribution in [-0.4, -0.2) is 47.9 Å². The van der Waals surface area contributed by atoms with Crippen LogP contribution in [0.1, 0.15) is 59.9 Å². The molecule has 0 saturated carbocycles. The quantitative estimate of drug-likeness (QED) is 0.0430. The fourth-order valence-electron chi connectivity index (χ4n) is 7.67. The molecule has 0 bridgehead atoms. The number of ether oxygens (including phenoxy) is 2. The number of benzene rings is 5.